The fourth-order valence-corrected chi connectivity index (χ4v) is 1.68. The summed E-state index contributed by atoms with van der Waals surface area (Å²) >= 11 is 5.94. The lowest BCUT2D eigenvalue weighted by molar-refractivity contribution is 0.407. The minimum Gasteiger partial charge on any atom is -0.496 e. The molecule has 1 unspecified atom stereocenters. The maximum absolute atomic E-state index is 5.94. The Morgan fingerprint density at radius 3 is 2.82 bits per heavy atom. The topological polar surface area (TPSA) is 39.9 Å². The van der Waals surface area contributed by atoms with Gasteiger partial charge in [-0.3, -0.25) is 0 Å². The Kier molecular flexibility index (Phi) is 3.64. The molecule has 0 radical (unpaired) electrons. The smallest absolute Gasteiger partial charge is 0.123 e. The molecule has 2 rings (SSSR count). The zero-order chi connectivity index (χ0) is 12.3. The van der Waals surface area contributed by atoms with E-state index in [4.69, 9.17) is 16.3 Å². The number of aromatic nitrogens is 3. The summed E-state index contributed by atoms with van der Waals surface area (Å²) in [5.41, 5.74) is 1.84. The van der Waals surface area contributed by atoms with Gasteiger partial charge in [-0.05, 0) is 13.0 Å². The van der Waals surface area contributed by atoms with Crippen LogP contribution in [0.2, 0.25) is 0 Å². The van der Waals surface area contributed by atoms with E-state index < -0.39 is 0 Å². The highest BCUT2D eigenvalue weighted by Gasteiger charge is 2.08. The average molecular weight is 252 g/mol. The number of ether oxygens (including phenoxy) is 1. The van der Waals surface area contributed by atoms with Crippen molar-refractivity contribution in [3.63, 3.8) is 0 Å². The molecule has 1 aromatic carbocycles. The van der Waals surface area contributed by atoms with Crippen molar-refractivity contribution >= 4 is 11.6 Å². The summed E-state index contributed by atoms with van der Waals surface area (Å²) in [6.45, 7) is 2.50. The van der Waals surface area contributed by atoms with Crippen LogP contribution in [0.25, 0.3) is 0 Å². The van der Waals surface area contributed by atoms with E-state index in [2.05, 4.69) is 10.3 Å². The molecule has 0 fully saturated rings. The van der Waals surface area contributed by atoms with Gasteiger partial charge in [0.25, 0.3) is 0 Å². The fraction of sp³-hybridized carbons (Fsp3) is 0.333. The van der Waals surface area contributed by atoms with Crippen molar-refractivity contribution in [2.75, 3.05) is 7.11 Å². The molecular formula is C12H14ClN3O. The van der Waals surface area contributed by atoms with E-state index in [0.717, 1.165) is 17.0 Å². The first-order valence-corrected chi connectivity index (χ1v) is 5.80. The van der Waals surface area contributed by atoms with E-state index in [1.165, 1.54) is 0 Å². The first-order chi connectivity index (χ1) is 8.20. The highest BCUT2D eigenvalue weighted by molar-refractivity contribution is 6.20. The number of alkyl halides is 1. The van der Waals surface area contributed by atoms with E-state index in [1.54, 1.807) is 11.8 Å². The van der Waals surface area contributed by atoms with Gasteiger partial charge in [0.1, 0.15) is 11.4 Å². The van der Waals surface area contributed by atoms with E-state index in [-0.39, 0.29) is 5.38 Å². The van der Waals surface area contributed by atoms with E-state index >= 15 is 0 Å². The maximum atomic E-state index is 5.94. The van der Waals surface area contributed by atoms with Gasteiger partial charge in [0.2, 0.25) is 0 Å². The van der Waals surface area contributed by atoms with Gasteiger partial charge >= 0.3 is 0 Å². The van der Waals surface area contributed by atoms with Crippen molar-refractivity contribution in [1.82, 2.24) is 15.0 Å². The molecular weight excluding hydrogens is 238 g/mol. The van der Waals surface area contributed by atoms with Crippen molar-refractivity contribution in [3.8, 4) is 5.75 Å². The number of rotatable bonds is 4. The van der Waals surface area contributed by atoms with Crippen molar-refractivity contribution in [2.45, 2.75) is 18.8 Å². The molecule has 0 saturated heterocycles. The van der Waals surface area contributed by atoms with Crippen LogP contribution < -0.4 is 4.74 Å². The summed E-state index contributed by atoms with van der Waals surface area (Å²) in [4.78, 5) is 0. The van der Waals surface area contributed by atoms with Crippen LogP contribution in [0.5, 0.6) is 5.75 Å². The lowest BCUT2D eigenvalue weighted by Crippen LogP contribution is -2.02. The fourth-order valence-electron chi connectivity index (χ4n) is 1.58. The summed E-state index contributed by atoms with van der Waals surface area (Å²) < 4.78 is 7.04. The number of hydrogen-bond acceptors (Lipinski definition) is 3. The van der Waals surface area contributed by atoms with Crippen LogP contribution in [-0.4, -0.2) is 22.1 Å². The number of hydrogen-bond donors (Lipinski definition) is 0. The minimum absolute atomic E-state index is 0.124. The molecule has 5 heteroatoms. The molecule has 4 nitrogen and oxygen atoms in total. The first kappa shape index (κ1) is 11.9. The second kappa shape index (κ2) is 5.19. The van der Waals surface area contributed by atoms with Gasteiger partial charge in [-0.2, -0.15) is 0 Å². The lowest BCUT2D eigenvalue weighted by Gasteiger charge is -2.07. The van der Waals surface area contributed by atoms with Crippen LogP contribution in [0.4, 0.5) is 0 Å². The SMILES string of the molecule is COc1ccccc1Cn1cc(C(C)Cl)nn1. The third-order valence-electron chi connectivity index (χ3n) is 2.49. The van der Waals surface area contributed by atoms with Gasteiger partial charge in [-0.25, -0.2) is 4.68 Å². The number of benzene rings is 1. The predicted molar refractivity (Wildman–Crippen MR) is 66.4 cm³/mol. The molecule has 0 spiro atoms. The average Bonchev–Trinajstić information content (AvgIpc) is 2.78. The summed E-state index contributed by atoms with van der Waals surface area (Å²) in [5, 5.41) is 7.92. The third kappa shape index (κ3) is 2.77. The second-order valence-corrected chi connectivity index (χ2v) is 4.42. The first-order valence-electron chi connectivity index (χ1n) is 5.36. The molecule has 17 heavy (non-hydrogen) atoms. The van der Waals surface area contributed by atoms with E-state index in [0.29, 0.717) is 6.54 Å². The van der Waals surface area contributed by atoms with Gasteiger partial charge in [-0.1, -0.05) is 23.4 Å². The van der Waals surface area contributed by atoms with Gasteiger partial charge in [0, 0.05) is 5.56 Å². The highest BCUT2D eigenvalue weighted by atomic mass is 35.5. The van der Waals surface area contributed by atoms with Crippen LogP contribution in [0.3, 0.4) is 0 Å². The molecule has 0 aliphatic rings. The predicted octanol–water partition coefficient (Wildman–Crippen LogP) is 2.63. The van der Waals surface area contributed by atoms with Crippen LogP contribution in [0.15, 0.2) is 30.5 Å². The Labute approximate surface area is 105 Å². The van der Waals surface area contributed by atoms with Crippen LogP contribution in [0, 0.1) is 0 Å². The number of methoxy groups -OCH3 is 1. The zero-order valence-electron chi connectivity index (χ0n) is 9.80. The number of para-hydroxylation sites is 1. The Morgan fingerprint density at radius 2 is 2.18 bits per heavy atom. The Hall–Kier alpha value is -1.55. The van der Waals surface area contributed by atoms with Crippen molar-refractivity contribution in [2.24, 2.45) is 0 Å². The Bertz CT molecular complexity index is 496. The standard InChI is InChI=1S/C12H14ClN3O/c1-9(13)11-8-16(15-14-11)7-10-5-3-4-6-12(10)17-2/h3-6,8-9H,7H2,1-2H3. The third-order valence-corrected chi connectivity index (χ3v) is 2.71. The minimum atomic E-state index is -0.124. The molecule has 1 heterocycles. The largest absolute Gasteiger partial charge is 0.496 e. The summed E-state index contributed by atoms with van der Waals surface area (Å²) in [6, 6.07) is 7.84. The monoisotopic (exact) mass is 251 g/mol. The van der Waals surface area contributed by atoms with E-state index in [1.807, 2.05) is 37.4 Å². The quantitative estimate of drug-likeness (QED) is 0.785. The molecule has 0 amide bonds. The number of halogens is 1. The van der Waals surface area contributed by atoms with Gasteiger partial charge in [0.15, 0.2) is 0 Å². The molecule has 0 aliphatic carbocycles. The Morgan fingerprint density at radius 1 is 1.41 bits per heavy atom. The lowest BCUT2D eigenvalue weighted by atomic mass is 10.2. The van der Waals surface area contributed by atoms with Crippen LogP contribution in [0.1, 0.15) is 23.6 Å². The van der Waals surface area contributed by atoms with Crippen molar-refractivity contribution < 1.29 is 4.74 Å². The van der Waals surface area contributed by atoms with Crippen molar-refractivity contribution in [1.29, 1.82) is 0 Å². The zero-order valence-corrected chi connectivity index (χ0v) is 10.6. The van der Waals surface area contributed by atoms with Crippen LogP contribution >= 0.6 is 11.6 Å². The molecule has 1 atom stereocenters. The molecule has 0 aliphatic heterocycles. The van der Waals surface area contributed by atoms with Crippen molar-refractivity contribution in [3.05, 3.63) is 41.7 Å². The second-order valence-electron chi connectivity index (χ2n) is 3.77. The van der Waals surface area contributed by atoms with Gasteiger partial charge in [-0.15, -0.1) is 16.7 Å². The molecule has 0 bridgehead atoms. The summed E-state index contributed by atoms with van der Waals surface area (Å²) in [7, 11) is 1.66. The van der Waals surface area contributed by atoms with E-state index in [9.17, 15) is 0 Å². The molecule has 0 saturated carbocycles. The van der Waals surface area contributed by atoms with Gasteiger partial charge in [0.05, 0.1) is 25.2 Å². The molecule has 1 aromatic heterocycles. The summed E-state index contributed by atoms with van der Waals surface area (Å²) in [6.07, 6.45) is 1.85. The van der Waals surface area contributed by atoms with Gasteiger partial charge < -0.3 is 4.74 Å². The normalized spacial score (nSPS) is 12.4. The molecule has 2 aromatic rings. The Balaban J connectivity index is 2.19. The highest BCUT2D eigenvalue weighted by Crippen LogP contribution is 2.19. The maximum Gasteiger partial charge on any atom is 0.123 e. The van der Waals surface area contributed by atoms with Crippen LogP contribution in [-0.2, 0) is 6.54 Å². The summed E-state index contributed by atoms with van der Waals surface area (Å²) in [5.74, 6) is 0.850. The molecule has 0 N–H and O–H groups in total. The number of nitrogens with zero attached hydrogens (tertiary/aromatic N) is 3. The molecule has 90 valence electrons.